The van der Waals surface area contributed by atoms with Crippen LogP contribution in [-0.4, -0.2) is 74.1 Å². The first-order valence-electron chi connectivity index (χ1n) is 11.7. The van der Waals surface area contributed by atoms with E-state index in [1.165, 1.54) is 12.0 Å². The lowest BCUT2D eigenvalue weighted by molar-refractivity contribution is -0.139. The lowest BCUT2D eigenvalue weighted by atomic mass is 9.94. The van der Waals surface area contributed by atoms with Crippen LogP contribution in [0.4, 0.5) is 0 Å². The van der Waals surface area contributed by atoms with Crippen LogP contribution < -0.4 is 14.2 Å². The van der Waals surface area contributed by atoms with Gasteiger partial charge in [-0.1, -0.05) is 6.07 Å². The average molecular weight is 481 g/mol. The van der Waals surface area contributed by atoms with Crippen molar-refractivity contribution >= 4 is 17.4 Å². The van der Waals surface area contributed by atoms with E-state index in [9.17, 15) is 14.7 Å². The predicted molar refractivity (Wildman–Crippen MR) is 132 cm³/mol. The number of Topliss-reactive ketones (excluding diaryl/α,β-unsaturated/α-hetero) is 1. The van der Waals surface area contributed by atoms with E-state index in [-0.39, 0.29) is 17.4 Å². The second-order valence-electron chi connectivity index (χ2n) is 9.22. The highest BCUT2D eigenvalue weighted by Gasteiger charge is 2.46. The van der Waals surface area contributed by atoms with Crippen LogP contribution in [0.25, 0.3) is 5.76 Å². The highest BCUT2D eigenvalue weighted by molar-refractivity contribution is 6.46. The summed E-state index contributed by atoms with van der Waals surface area (Å²) in [6, 6.07) is 9.88. The highest BCUT2D eigenvalue weighted by atomic mass is 16.5. The smallest absolute Gasteiger partial charge is 0.295 e. The number of hydrogen-bond acceptors (Lipinski definition) is 7. The molecule has 2 aromatic rings. The topological polar surface area (TPSA) is 88.5 Å². The van der Waals surface area contributed by atoms with Gasteiger partial charge < -0.3 is 29.1 Å². The van der Waals surface area contributed by atoms with Gasteiger partial charge in [0.2, 0.25) is 0 Å². The van der Waals surface area contributed by atoms with Crippen LogP contribution in [0.3, 0.4) is 0 Å². The van der Waals surface area contributed by atoms with Crippen molar-refractivity contribution in [2.75, 3.05) is 41.4 Å². The van der Waals surface area contributed by atoms with Gasteiger partial charge in [-0.25, -0.2) is 0 Å². The minimum absolute atomic E-state index is 0.0523. The number of amides is 1. The Morgan fingerprint density at radius 2 is 1.86 bits per heavy atom. The number of hydrogen-bond donors (Lipinski definition) is 1. The minimum atomic E-state index is -0.750. The summed E-state index contributed by atoms with van der Waals surface area (Å²) in [6.45, 7) is 3.11. The summed E-state index contributed by atoms with van der Waals surface area (Å²) in [4.78, 5) is 30.0. The van der Waals surface area contributed by atoms with Crippen molar-refractivity contribution in [3.63, 3.8) is 0 Å². The molecule has 0 spiro atoms. The van der Waals surface area contributed by atoms with Gasteiger partial charge >= 0.3 is 0 Å². The largest absolute Gasteiger partial charge is 0.507 e. The maximum absolute atomic E-state index is 13.3. The molecule has 8 heteroatoms. The van der Waals surface area contributed by atoms with E-state index in [0.717, 1.165) is 17.9 Å². The molecule has 1 N–H and O–H groups in total. The molecule has 4 rings (SSSR count). The number of likely N-dealkylation sites (tertiary alicyclic amines) is 1. The second kappa shape index (κ2) is 10.00. The van der Waals surface area contributed by atoms with Crippen LogP contribution in [0.15, 0.2) is 42.0 Å². The van der Waals surface area contributed by atoms with Crippen molar-refractivity contribution in [1.29, 1.82) is 0 Å². The van der Waals surface area contributed by atoms with Gasteiger partial charge in [-0.2, -0.15) is 0 Å². The summed E-state index contributed by atoms with van der Waals surface area (Å²) in [5.74, 6) is 0.275. The van der Waals surface area contributed by atoms with Crippen molar-refractivity contribution < 1.29 is 28.9 Å². The Morgan fingerprint density at radius 3 is 2.54 bits per heavy atom. The molecule has 35 heavy (non-hydrogen) atoms. The molecule has 0 radical (unpaired) electrons. The Morgan fingerprint density at radius 1 is 1.11 bits per heavy atom. The fourth-order valence-corrected chi connectivity index (χ4v) is 4.76. The number of ketones is 1. The number of methoxy groups -OCH3 is 2. The van der Waals surface area contributed by atoms with E-state index >= 15 is 0 Å². The van der Waals surface area contributed by atoms with Gasteiger partial charge in [-0.05, 0) is 75.4 Å². The predicted octanol–water partition coefficient (Wildman–Crippen LogP) is 3.40. The lowest BCUT2D eigenvalue weighted by Gasteiger charge is -2.26. The molecule has 1 saturated heterocycles. The maximum Gasteiger partial charge on any atom is 0.295 e. The molecule has 0 bridgehead atoms. The summed E-state index contributed by atoms with van der Waals surface area (Å²) in [5, 5.41) is 11.4. The van der Waals surface area contributed by atoms with Crippen molar-refractivity contribution in [3.05, 3.63) is 58.7 Å². The number of nitrogens with zero attached hydrogens (tertiary/aromatic N) is 2. The third-order valence-corrected chi connectivity index (χ3v) is 6.44. The molecule has 1 amide bonds. The van der Waals surface area contributed by atoms with E-state index in [1.807, 2.05) is 32.0 Å². The van der Waals surface area contributed by atoms with Gasteiger partial charge in [0.25, 0.3) is 11.7 Å². The van der Waals surface area contributed by atoms with Crippen molar-refractivity contribution in [2.24, 2.45) is 0 Å². The highest BCUT2D eigenvalue weighted by Crippen LogP contribution is 2.42. The third kappa shape index (κ3) is 4.71. The fourth-order valence-electron chi connectivity index (χ4n) is 4.76. The Hall–Kier alpha value is -3.52. The molecular weight excluding hydrogens is 448 g/mol. The number of carbonyl (C=O) groups excluding carboxylic acids is 2. The molecule has 2 aromatic carbocycles. The quantitative estimate of drug-likeness (QED) is 0.352. The van der Waals surface area contributed by atoms with Gasteiger partial charge in [-0.3, -0.25) is 9.59 Å². The molecule has 2 aliphatic rings. The fraction of sp³-hybridized carbons (Fsp3) is 0.407. The number of fused-ring (bicyclic) bond motifs is 1. The van der Waals surface area contributed by atoms with Gasteiger partial charge in [0.15, 0.2) is 11.5 Å². The summed E-state index contributed by atoms with van der Waals surface area (Å²) < 4.78 is 16.6. The molecule has 2 aliphatic heterocycles. The minimum Gasteiger partial charge on any atom is -0.507 e. The number of aliphatic hydroxyl groups is 1. The molecule has 0 saturated carbocycles. The van der Waals surface area contributed by atoms with Crippen LogP contribution in [0.1, 0.15) is 36.1 Å². The monoisotopic (exact) mass is 480 g/mol. The number of aliphatic hydroxyl groups excluding tert-OH is 1. The summed E-state index contributed by atoms with van der Waals surface area (Å²) in [6.07, 6.45) is 1.45. The lowest BCUT2D eigenvalue weighted by Crippen LogP contribution is -2.32. The van der Waals surface area contributed by atoms with E-state index in [1.54, 1.807) is 37.4 Å². The summed E-state index contributed by atoms with van der Waals surface area (Å²) in [5.41, 5.74) is 2.17. The van der Waals surface area contributed by atoms with E-state index in [2.05, 4.69) is 0 Å². The number of rotatable bonds is 8. The first-order chi connectivity index (χ1) is 16.7. The zero-order valence-electron chi connectivity index (χ0n) is 20.8. The van der Waals surface area contributed by atoms with Crippen molar-refractivity contribution in [3.8, 4) is 17.2 Å². The Balaban J connectivity index is 1.81. The molecule has 2 heterocycles. The van der Waals surface area contributed by atoms with Crippen LogP contribution in [0.5, 0.6) is 17.2 Å². The van der Waals surface area contributed by atoms with Crippen LogP contribution in [-0.2, 0) is 16.0 Å². The van der Waals surface area contributed by atoms with Gasteiger partial charge in [-0.15, -0.1) is 0 Å². The normalized spacial score (nSPS) is 20.8. The SMILES string of the molecule is COc1ccc(C2/C(=C(\O)c3ccc4c(c3)CC(C)O4)C(=O)C(=O)N2CCCN(C)C)cc1OC. The molecule has 8 nitrogen and oxygen atoms in total. The molecule has 2 atom stereocenters. The Bertz CT molecular complexity index is 1170. The molecule has 1 fully saturated rings. The van der Waals surface area contributed by atoms with E-state index in [0.29, 0.717) is 42.0 Å². The van der Waals surface area contributed by atoms with Crippen LogP contribution in [0, 0.1) is 0 Å². The third-order valence-electron chi connectivity index (χ3n) is 6.44. The van der Waals surface area contributed by atoms with E-state index in [4.69, 9.17) is 14.2 Å². The summed E-state index contributed by atoms with van der Waals surface area (Å²) in [7, 11) is 6.99. The molecule has 186 valence electrons. The number of benzene rings is 2. The summed E-state index contributed by atoms with van der Waals surface area (Å²) >= 11 is 0. The van der Waals surface area contributed by atoms with Crippen molar-refractivity contribution in [2.45, 2.75) is 31.9 Å². The van der Waals surface area contributed by atoms with Crippen LogP contribution >= 0.6 is 0 Å². The van der Waals surface area contributed by atoms with Crippen molar-refractivity contribution in [1.82, 2.24) is 9.80 Å². The Kier molecular flexibility index (Phi) is 7.03. The standard InChI is InChI=1S/C27H32N2O6/c1-16-13-19-14-18(8-9-20(19)35-16)25(30)23-24(17-7-10-21(33-4)22(15-17)34-5)29(27(32)26(23)31)12-6-11-28(2)3/h7-10,14-16,24,30H,6,11-13H2,1-5H3/b25-23+. The molecule has 0 aromatic heterocycles. The zero-order valence-corrected chi connectivity index (χ0v) is 20.8. The van der Waals surface area contributed by atoms with Gasteiger partial charge in [0.05, 0.1) is 25.8 Å². The Labute approximate surface area is 205 Å². The van der Waals surface area contributed by atoms with E-state index < -0.39 is 17.7 Å². The molecule has 2 unspecified atom stereocenters. The van der Waals surface area contributed by atoms with Gasteiger partial charge in [0.1, 0.15) is 17.6 Å². The zero-order chi connectivity index (χ0) is 25.3. The first kappa shape index (κ1) is 24.6. The van der Waals surface area contributed by atoms with Crippen LogP contribution in [0.2, 0.25) is 0 Å². The molecular formula is C27H32N2O6. The maximum atomic E-state index is 13.3. The van der Waals surface area contributed by atoms with Gasteiger partial charge in [0, 0.05) is 18.5 Å². The second-order valence-corrected chi connectivity index (χ2v) is 9.22. The first-order valence-corrected chi connectivity index (χ1v) is 11.7. The number of carbonyl (C=O) groups is 2. The number of ether oxygens (including phenoxy) is 3. The molecule has 0 aliphatic carbocycles. The average Bonchev–Trinajstić information content (AvgIpc) is 3.33.